The van der Waals surface area contributed by atoms with Crippen molar-refractivity contribution in [2.75, 3.05) is 0 Å². The molecule has 0 amide bonds. The second-order valence-electron chi connectivity index (χ2n) is 8.16. The molecule has 0 aliphatic rings. The number of ether oxygens (including phenoxy) is 1. The van der Waals surface area contributed by atoms with E-state index in [0.717, 1.165) is 10.9 Å². The lowest BCUT2D eigenvalue weighted by molar-refractivity contribution is -0.384. The zero-order chi connectivity index (χ0) is 25.8. The molecule has 0 unspecified atom stereocenters. The van der Waals surface area contributed by atoms with Crippen LogP contribution < -0.4 is 10.3 Å². The van der Waals surface area contributed by atoms with Crippen molar-refractivity contribution in [1.29, 1.82) is 0 Å². The number of hydrogen-bond acceptors (Lipinski definition) is 6. The molecule has 184 valence electrons. The molecule has 36 heavy (non-hydrogen) atoms. The first-order chi connectivity index (χ1) is 17.3. The zero-order valence-electron chi connectivity index (χ0n) is 19.5. The zero-order valence-corrected chi connectivity index (χ0v) is 21.1. The van der Waals surface area contributed by atoms with Crippen molar-refractivity contribution < 1.29 is 14.1 Å². The molecular weight excluding hydrogens is 531 g/mol. The number of hydrogen-bond donors (Lipinski definition) is 0. The number of benzene rings is 3. The van der Waals surface area contributed by atoms with Crippen molar-refractivity contribution in [3.8, 4) is 5.75 Å². The van der Waals surface area contributed by atoms with Crippen LogP contribution in [0.3, 0.4) is 0 Å². The maximum absolute atomic E-state index is 14.0. The molecule has 0 aliphatic carbocycles. The second kappa shape index (κ2) is 10.8. The van der Waals surface area contributed by atoms with E-state index >= 15 is 0 Å². The fraction of sp³-hybridized carbons (Fsp3) is 0.192. The van der Waals surface area contributed by atoms with Crippen molar-refractivity contribution >= 4 is 38.7 Å². The van der Waals surface area contributed by atoms with Gasteiger partial charge in [-0.3, -0.25) is 14.9 Å². The van der Waals surface area contributed by atoms with Crippen LogP contribution in [0.15, 0.2) is 75.0 Å². The summed E-state index contributed by atoms with van der Waals surface area (Å²) in [7, 11) is 0. The van der Waals surface area contributed by atoms with Gasteiger partial charge in [-0.05, 0) is 36.8 Å². The molecule has 1 atom stereocenters. The Labute approximate surface area is 214 Å². The Morgan fingerprint density at radius 3 is 2.72 bits per heavy atom. The van der Waals surface area contributed by atoms with Gasteiger partial charge in [0.2, 0.25) is 0 Å². The molecule has 0 radical (unpaired) electrons. The summed E-state index contributed by atoms with van der Waals surface area (Å²) in [6.45, 7) is 3.83. The van der Waals surface area contributed by atoms with Gasteiger partial charge in [-0.15, -0.1) is 0 Å². The maximum Gasteiger partial charge on any atom is 0.282 e. The van der Waals surface area contributed by atoms with Gasteiger partial charge in [0.25, 0.3) is 11.2 Å². The summed E-state index contributed by atoms with van der Waals surface area (Å²) in [5, 5.41) is 16.1. The van der Waals surface area contributed by atoms with Crippen LogP contribution in [0, 0.1) is 15.9 Å². The summed E-state index contributed by atoms with van der Waals surface area (Å²) < 4.78 is 21.8. The Bertz CT molecular complexity index is 1540. The SMILES string of the molecule is CC[C@@H](C)c1nc2ccc(Br)cc2c(=O)n1N=Cc1cc([N+](=O)[O-])ccc1OCc1ccccc1F. The van der Waals surface area contributed by atoms with Gasteiger partial charge in [0.1, 0.15) is 24.0 Å². The van der Waals surface area contributed by atoms with Gasteiger partial charge in [0.15, 0.2) is 0 Å². The van der Waals surface area contributed by atoms with E-state index < -0.39 is 10.7 Å². The molecule has 1 aromatic heterocycles. The van der Waals surface area contributed by atoms with Crippen LogP contribution >= 0.6 is 15.9 Å². The Hall–Kier alpha value is -3.92. The summed E-state index contributed by atoms with van der Waals surface area (Å²) >= 11 is 3.38. The molecule has 8 nitrogen and oxygen atoms in total. The lowest BCUT2D eigenvalue weighted by Gasteiger charge is -2.14. The molecule has 4 aromatic rings. The molecule has 0 N–H and O–H groups in total. The van der Waals surface area contributed by atoms with Gasteiger partial charge in [0.05, 0.1) is 22.0 Å². The van der Waals surface area contributed by atoms with Crippen molar-refractivity contribution in [3.63, 3.8) is 0 Å². The van der Waals surface area contributed by atoms with Crippen molar-refractivity contribution in [1.82, 2.24) is 9.66 Å². The quantitative estimate of drug-likeness (QED) is 0.147. The van der Waals surface area contributed by atoms with Crippen LogP contribution in [0.4, 0.5) is 10.1 Å². The van der Waals surface area contributed by atoms with Crippen LogP contribution in [-0.4, -0.2) is 20.8 Å². The summed E-state index contributed by atoms with van der Waals surface area (Å²) in [4.78, 5) is 28.9. The average molecular weight is 553 g/mol. The van der Waals surface area contributed by atoms with Gasteiger partial charge in [0, 0.05) is 33.7 Å². The van der Waals surface area contributed by atoms with E-state index in [1.807, 2.05) is 19.9 Å². The minimum Gasteiger partial charge on any atom is -0.488 e. The highest BCUT2D eigenvalue weighted by molar-refractivity contribution is 9.10. The van der Waals surface area contributed by atoms with Gasteiger partial charge >= 0.3 is 0 Å². The molecule has 0 bridgehead atoms. The lowest BCUT2D eigenvalue weighted by atomic mass is 10.1. The first-order valence-electron chi connectivity index (χ1n) is 11.2. The highest BCUT2D eigenvalue weighted by Crippen LogP contribution is 2.25. The van der Waals surface area contributed by atoms with Crippen molar-refractivity contribution in [3.05, 3.63) is 108 Å². The fourth-order valence-corrected chi connectivity index (χ4v) is 3.91. The number of non-ortho nitro benzene ring substituents is 1. The van der Waals surface area contributed by atoms with Gasteiger partial charge in [-0.2, -0.15) is 9.78 Å². The fourth-order valence-electron chi connectivity index (χ4n) is 3.55. The molecule has 0 saturated heterocycles. The molecule has 1 heterocycles. The normalized spacial score (nSPS) is 12.2. The number of fused-ring (bicyclic) bond motifs is 1. The number of rotatable bonds is 8. The number of nitrogens with zero attached hydrogens (tertiary/aromatic N) is 4. The molecule has 0 spiro atoms. The van der Waals surface area contributed by atoms with E-state index in [4.69, 9.17) is 4.74 Å². The van der Waals surface area contributed by atoms with Crippen molar-refractivity contribution in [2.24, 2.45) is 5.10 Å². The van der Waals surface area contributed by atoms with Crippen LogP contribution in [0.25, 0.3) is 10.9 Å². The summed E-state index contributed by atoms with van der Waals surface area (Å²) in [5.41, 5.74) is 0.598. The van der Waals surface area contributed by atoms with Crippen molar-refractivity contribution in [2.45, 2.75) is 32.8 Å². The molecular formula is C26H22BrFN4O4. The molecule has 0 fully saturated rings. The summed E-state index contributed by atoms with van der Waals surface area (Å²) in [5.74, 6) is 0.215. The standard InChI is InChI=1S/C26H22BrFN4O4/c1-3-16(2)25-30-23-10-8-19(27)13-21(23)26(33)31(25)29-14-18-12-20(32(34)35)9-11-24(18)36-15-17-6-4-5-7-22(17)28/h4-14,16H,3,15H2,1-2H3/t16-/m1/s1. The van der Waals surface area contributed by atoms with E-state index in [1.165, 1.54) is 35.2 Å². The smallest absolute Gasteiger partial charge is 0.282 e. The molecule has 0 aliphatic heterocycles. The average Bonchev–Trinajstić information content (AvgIpc) is 2.87. The number of aromatic nitrogens is 2. The lowest BCUT2D eigenvalue weighted by Crippen LogP contribution is -2.23. The predicted molar refractivity (Wildman–Crippen MR) is 139 cm³/mol. The van der Waals surface area contributed by atoms with E-state index in [0.29, 0.717) is 22.3 Å². The Morgan fingerprint density at radius 2 is 2.00 bits per heavy atom. The van der Waals surface area contributed by atoms with Crippen LogP contribution in [0.2, 0.25) is 0 Å². The Balaban J connectivity index is 1.80. The monoisotopic (exact) mass is 552 g/mol. The van der Waals surface area contributed by atoms with Gasteiger partial charge in [-0.1, -0.05) is 48.0 Å². The minimum atomic E-state index is -0.538. The predicted octanol–water partition coefficient (Wildman–Crippen LogP) is 6.18. The third-order valence-corrected chi connectivity index (χ3v) is 6.24. The molecule has 4 rings (SSSR count). The first kappa shape index (κ1) is 25.2. The molecule has 0 saturated carbocycles. The number of nitro groups is 1. The topological polar surface area (TPSA) is 99.6 Å². The van der Waals surface area contributed by atoms with E-state index in [2.05, 4.69) is 26.0 Å². The third kappa shape index (κ3) is 5.33. The van der Waals surface area contributed by atoms with E-state index in [-0.39, 0.29) is 35.1 Å². The third-order valence-electron chi connectivity index (χ3n) is 5.74. The number of halogens is 2. The van der Waals surface area contributed by atoms with Gasteiger partial charge in [-0.25, -0.2) is 9.37 Å². The highest BCUT2D eigenvalue weighted by atomic mass is 79.9. The van der Waals surface area contributed by atoms with Crippen LogP contribution in [-0.2, 0) is 6.61 Å². The van der Waals surface area contributed by atoms with Crippen LogP contribution in [0.1, 0.15) is 43.1 Å². The Kier molecular flexibility index (Phi) is 7.54. The minimum absolute atomic E-state index is 0.0789. The maximum atomic E-state index is 14.0. The largest absolute Gasteiger partial charge is 0.488 e. The first-order valence-corrected chi connectivity index (χ1v) is 12.0. The highest BCUT2D eigenvalue weighted by Gasteiger charge is 2.17. The van der Waals surface area contributed by atoms with E-state index in [9.17, 15) is 19.3 Å². The number of nitro benzene ring substituents is 1. The van der Waals surface area contributed by atoms with E-state index in [1.54, 1.807) is 30.3 Å². The molecule has 3 aromatic carbocycles. The van der Waals surface area contributed by atoms with Crippen LogP contribution in [0.5, 0.6) is 5.75 Å². The summed E-state index contributed by atoms with van der Waals surface area (Å²) in [6, 6.07) is 15.4. The molecule has 10 heteroatoms. The van der Waals surface area contributed by atoms with Gasteiger partial charge < -0.3 is 4.74 Å². The Morgan fingerprint density at radius 1 is 1.22 bits per heavy atom. The summed E-state index contributed by atoms with van der Waals surface area (Å²) in [6.07, 6.45) is 2.04. The second-order valence-corrected chi connectivity index (χ2v) is 9.08.